The molecule has 94 valence electrons. The van der Waals surface area contributed by atoms with Crippen molar-refractivity contribution >= 4 is 5.91 Å². The van der Waals surface area contributed by atoms with Crippen molar-refractivity contribution in [2.45, 2.75) is 27.7 Å². The fraction of sp³-hybridized carbons (Fsp3) is 0.500. The SMILES string of the molecule is Cc1cccc(C)c1OCC(C)C(C)C(N)=O. The van der Waals surface area contributed by atoms with Gasteiger partial charge in [0.15, 0.2) is 0 Å². The van der Waals surface area contributed by atoms with E-state index in [1.54, 1.807) is 0 Å². The number of benzene rings is 1. The molecule has 3 heteroatoms. The van der Waals surface area contributed by atoms with Crippen LogP contribution in [-0.2, 0) is 4.79 Å². The van der Waals surface area contributed by atoms with Crippen LogP contribution in [0, 0.1) is 25.7 Å². The number of amides is 1. The van der Waals surface area contributed by atoms with E-state index in [1.807, 2.05) is 45.9 Å². The first kappa shape index (κ1) is 13.6. The Morgan fingerprint density at radius 2 is 1.82 bits per heavy atom. The van der Waals surface area contributed by atoms with E-state index in [4.69, 9.17) is 10.5 Å². The van der Waals surface area contributed by atoms with E-state index >= 15 is 0 Å². The molecule has 2 N–H and O–H groups in total. The van der Waals surface area contributed by atoms with Crippen LogP contribution in [0.2, 0.25) is 0 Å². The fourth-order valence-corrected chi connectivity index (χ4v) is 1.67. The zero-order valence-electron chi connectivity index (χ0n) is 11.0. The summed E-state index contributed by atoms with van der Waals surface area (Å²) in [6.45, 7) is 8.36. The summed E-state index contributed by atoms with van der Waals surface area (Å²) in [5.41, 5.74) is 7.50. The second-order valence-corrected chi connectivity index (χ2v) is 4.70. The first-order valence-electron chi connectivity index (χ1n) is 5.91. The van der Waals surface area contributed by atoms with Gasteiger partial charge < -0.3 is 10.5 Å². The maximum atomic E-state index is 11.1. The monoisotopic (exact) mass is 235 g/mol. The molecule has 0 saturated heterocycles. The minimum absolute atomic E-state index is 0.117. The molecule has 2 atom stereocenters. The van der Waals surface area contributed by atoms with Crippen molar-refractivity contribution in [3.63, 3.8) is 0 Å². The lowest BCUT2D eigenvalue weighted by atomic mass is 9.96. The van der Waals surface area contributed by atoms with E-state index in [9.17, 15) is 4.79 Å². The van der Waals surface area contributed by atoms with Gasteiger partial charge in [0.2, 0.25) is 5.91 Å². The van der Waals surface area contributed by atoms with Crippen LogP contribution in [0.1, 0.15) is 25.0 Å². The number of nitrogens with two attached hydrogens (primary N) is 1. The lowest BCUT2D eigenvalue weighted by Gasteiger charge is -2.19. The van der Waals surface area contributed by atoms with Crippen molar-refractivity contribution in [2.24, 2.45) is 17.6 Å². The van der Waals surface area contributed by atoms with Gasteiger partial charge in [-0.05, 0) is 25.0 Å². The predicted octanol–water partition coefficient (Wildman–Crippen LogP) is 2.44. The lowest BCUT2D eigenvalue weighted by molar-refractivity contribution is -0.123. The van der Waals surface area contributed by atoms with Crippen LogP contribution in [0.4, 0.5) is 0 Å². The number of rotatable bonds is 5. The molecule has 0 aliphatic heterocycles. The summed E-state index contributed by atoms with van der Waals surface area (Å²) in [6.07, 6.45) is 0. The molecule has 0 aliphatic rings. The van der Waals surface area contributed by atoms with Crippen LogP contribution in [0.5, 0.6) is 5.75 Å². The summed E-state index contributed by atoms with van der Waals surface area (Å²) >= 11 is 0. The number of carbonyl (C=O) groups is 1. The predicted molar refractivity (Wildman–Crippen MR) is 68.9 cm³/mol. The van der Waals surface area contributed by atoms with Crippen molar-refractivity contribution in [1.82, 2.24) is 0 Å². The second kappa shape index (κ2) is 5.71. The Morgan fingerprint density at radius 3 is 2.29 bits per heavy atom. The van der Waals surface area contributed by atoms with Crippen molar-refractivity contribution in [3.8, 4) is 5.75 Å². The average Bonchev–Trinajstić information content (AvgIpc) is 2.26. The number of aryl methyl sites for hydroxylation is 2. The molecule has 0 bridgehead atoms. The normalized spacial score (nSPS) is 14.1. The maximum absolute atomic E-state index is 11.1. The van der Waals surface area contributed by atoms with Gasteiger partial charge in [-0.1, -0.05) is 32.0 Å². The highest BCUT2D eigenvalue weighted by molar-refractivity contribution is 5.76. The first-order valence-corrected chi connectivity index (χ1v) is 5.91. The average molecular weight is 235 g/mol. The standard InChI is InChI=1S/C14H21NO2/c1-9-6-5-7-10(2)13(9)17-8-11(3)12(4)14(15)16/h5-7,11-12H,8H2,1-4H3,(H2,15,16). The number of carbonyl (C=O) groups excluding carboxylic acids is 1. The number of hydrogen-bond acceptors (Lipinski definition) is 2. The van der Waals surface area contributed by atoms with Crippen LogP contribution >= 0.6 is 0 Å². The number of primary amides is 1. The number of para-hydroxylation sites is 1. The molecule has 0 aliphatic carbocycles. The Bertz CT molecular complexity index is 381. The largest absolute Gasteiger partial charge is 0.493 e. The van der Waals surface area contributed by atoms with E-state index < -0.39 is 0 Å². The van der Waals surface area contributed by atoms with Gasteiger partial charge in [-0.3, -0.25) is 4.79 Å². The van der Waals surface area contributed by atoms with Crippen LogP contribution < -0.4 is 10.5 Å². The number of ether oxygens (including phenoxy) is 1. The molecule has 1 amide bonds. The first-order chi connectivity index (χ1) is 7.93. The van der Waals surface area contributed by atoms with Gasteiger partial charge in [0.05, 0.1) is 6.61 Å². The van der Waals surface area contributed by atoms with Crippen LogP contribution in [0.25, 0.3) is 0 Å². The van der Waals surface area contributed by atoms with Gasteiger partial charge in [-0.15, -0.1) is 0 Å². The Kier molecular flexibility index (Phi) is 4.55. The van der Waals surface area contributed by atoms with Gasteiger partial charge in [-0.2, -0.15) is 0 Å². The van der Waals surface area contributed by atoms with Gasteiger partial charge in [0, 0.05) is 11.8 Å². The topological polar surface area (TPSA) is 52.3 Å². The minimum atomic E-state index is -0.275. The molecular formula is C14H21NO2. The number of hydrogen-bond donors (Lipinski definition) is 1. The zero-order chi connectivity index (χ0) is 13.0. The third kappa shape index (κ3) is 3.48. The van der Waals surface area contributed by atoms with Crippen molar-refractivity contribution in [1.29, 1.82) is 0 Å². The molecule has 0 heterocycles. The van der Waals surface area contributed by atoms with Crippen molar-refractivity contribution < 1.29 is 9.53 Å². The van der Waals surface area contributed by atoms with Gasteiger partial charge >= 0.3 is 0 Å². The van der Waals surface area contributed by atoms with Crippen LogP contribution in [0.15, 0.2) is 18.2 Å². The van der Waals surface area contributed by atoms with Gasteiger partial charge in [-0.25, -0.2) is 0 Å². The molecule has 1 rings (SSSR count). The Hall–Kier alpha value is -1.51. The van der Waals surface area contributed by atoms with E-state index in [1.165, 1.54) is 0 Å². The Morgan fingerprint density at radius 1 is 1.29 bits per heavy atom. The molecule has 1 aromatic carbocycles. The van der Waals surface area contributed by atoms with E-state index in [-0.39, 0.29) is 17.7 Å². The molecule has 0 aromatic heterocycles. The highest BCUT2D eigenvalue weighted by Gasteiger charge is 2.18. The highest BCUT2D eigenvalue weighted by atomic mass is 16.5. The van der Waals surface area contributed by atoms with Gasteiger partial charge in [0.1, 0.15) is 5.75 Å². The van der Waals surface area contributed by atoms with Crippen LogP contribution in [0.3, 0.4) is 0 Å². The third-order valence-electron chi connectivity index (χ3n) is 3.20. The quantitative estimate of drug-likeness (QED) is 0.852. The van der Waals surface area contributed by atoms with Gasteiger partial charge in [0.25, 0.3) is 0 Å². The molecule has 0 radical (unpaired) electrons. The molecule has 0 saturated carbocycles. The highest BCUT2D eigenvalue weighted by Crippen LogP contribution is 2.23. The Labute approximate surface area is 103 Å². The fourth-order valence-electron chi connectivity index (χ4n) is 1.67. The molecule has 0 fully saturated rings. The molecular weight excluding hydrogens is 214 g/mol. The summed E-state index contributed by atoms with van der Waals surface area (Å²) in [6, 6.07) is 6.04. The summed E-state index contributed by atoms with van der Waals surface area (Å²) in [4.78, 5) is 11.1. The minimum Gasteiger partial charge on any atom is -0.493 e. The third-order valence-corrected chi connectivity index (χ3v) is 3.20. The second-order valence-electron chi connectivity index (χ2n) is 4.70. The Balaban J connectivity index is 2.65. The molecule has 1 aromatic rings. The zero-order valence-corrected chi connectivity index (χ0v) is 11.0. The molecule has 2 unspecified atom stereocenters. The summed E-state index contributed by atoms with van der Waals surface area (Å²) in [5.74, 6) is 0.587. The van der Waals surface area contributed by atoms with Crippen molar-refractivity contribution in [2.75, 3.05) is 6.61 Å². The smallest absolute Gasteiger partial charge is 0.220 e. The van der Waals surface area contributed by atoms with E-state index in [0.717, 1.165) is 16.9 Å². The van der Waals surface area contributed by atoms with E-state index in [2.05, 4.69) is 0 Å². The lowest BCUT2D eigenvalue weighted by Crippen LogP contribution is -2.29. The summed E-state index contributed by atoms with van der Waals surface area (Å²) in [5, 5.41) is 0. The molecule has 3 nitrogen and oxygen atoms in total. The maximum Gasteiger partial charge on any atom is 0.220 e. The molecule has 0 spiro atoms. The summed E-state index contributed by atoms with van der Waals surface area (Å²) in [7, 11) is 0. The van der Waals surface area contributed by atoms with E-state index in [0.29, 0.717) is 6.61 Å². The summed E-state index contributed by atoms with van der Waals surface area (Å²) < 4.78 is 5.79. The molecule has 17 heavy (non-hydrogen) atoms. The van der Waals surface area contributed by atoms with Crippen molar-refractivity contribution in [3.05, 3.63) is 29.3 Å². The van der Waals surface area contributed by atoms with Crippen LogP contribution in [-0.4, -0.2) is 12.5 Å².